The summed E-state index contributed by atoms with van der Waals surface area (Å²) in [4.78, 5) is 2.67. The Hall–Kier alpha value is 0.230. The summed E-state index contributed by atoms with van der Waals surface area (Å²) in [5.41, 5.74) is 0.356. The molecular weight excluding hydrogens is 256 g/mol. The molecule has 19 heavy (non-hydrogen) atoms. The van der Waals surface area contributed by atoms with Crippen LogP contribution in [0.3, 0.4) is 0 Å². The largest absolute Gasteiger partial charge is 0.381 e. The van der Waals surface area contributed by atoms with Crippen LogP contribution in [0.25, 0.3) is 0 Å². The Morgan fingerprint density at radius 3 is 3.05 bits per heavy atom. The molecule has 0 aromatic heterocycles. The van der Waals surface area contributed by atoms with Crippen molar-refractivity contribution in [2.45, 2.75) is 38.4 Å². The van der Waals surface area contributed by atoms with Crippen molar-refractivity contribution < 1.29 is 4.74 Å². The molecule has 2 rings (SSSR count). The topological polar surface area (TPSA) is 24.5 Å². The van der Waals surface area contributed by atoms with Gasteiger partial charge in [0.2, 0.25) is 0 Å². The van der Waals surface area contributed by atoms with E-state index in [1.165, 1.54) is 44.6 Å². The Bertz CT molecular complexity index is 257. The fourth-order valence-corrected chi connectivity index (χ4v) is 4.35. The van der Waals surface area contributed by atoms with E-state index in [0.717, 1.165) is 31.6 Å². The molecule has 2 unspecified atom stereocenters. The van der Waals surface area contributed by atoms with E-state index < -0.39 is 0 Å². The van der Waals surface area contributed by atoms with Crippen LogP contribution >= 0.6 is 11.8 Å². The number of nitrogens with one attached hydrogen (secondary N) is 1. The maximum absolute atomic E-state index is 5.81. The van der Waals surface area contributed by atoms with E-state index in [1.807, 2.05) is 0 Å². The fraction of sp³-hybridized carbons (Fsp3) is 1.00. The Morgan fingerprint density at radius 2 is 2.37 bits per heavy atom. The van der Waals surface area contributed by atoms with Gasteiger partial charge in [-0.25, -0.2) is 0 Å². The lowest BCUT2D eigenvalue weighted by Gasteiger charge is -2.43. The van der Waals surface area contributed by atoms with Crippen molar-refractivity contribution in [3.05, 3.63) is 0 Å². The zero-order valence-corrected chi connectivity index (χ0v) is 13.4. The zero-order valence-electron chi connectivity index (χ0n) is 12.6. The van der Waals surface area contributed by atoms with Gasteiger partial charge in [-0.1, -0.05) is 13.8 Å². The molecule has 2 fully saturated rings. The molecule has 2 aliphatic heterocycles. The van der Waals surface area contributed by atoms with Gasteiger partial charge in [0.25, 0.3) is 0 Å². The molecule has 3 nitrogen and oxygen atoms in total. The number of nitrogens with zero attached hydrogens (tertiary/aromatic N) is 1. The number of thioether (sulfide) groups is 1. The first-order valence-corrected chi connectivity index (χ1v) is 8.91. The first-order valence-electron chi connectivity index (χ1n) is 7.86. The van der Waals surface area contributed by atoms with E-state index in [1.54, 1.807) is 0 Å². The first-order chi connectivity index (χ1) is 9.24. The van der Waals surface area contributed by atoms with E-state index >= 15 is 0 Å². The van der Waals surface area contributed by atoms with Crippen molar-refractivity contribution in [1.29, 1.82) is 0 Å². The molecule has 0 aliphatic carbocycles. The van der Waals surface area contributed by atoms with E-state index in [2.05, 4.69) is 35.8 Å². The van der Waals surface area contributed by atoms with Crippen molar-refractivity contribution in [3.8, 4) is 0 Å². The van der Waals surface area contributed by atoms with Gasteiger partial charge in [0.1, 0.15) is 0 Å². The van der Waals surface area contributed by atoms with Crippen LogP contribution in [0, 0.1) is 5.41 Å². The van der Waals surface area contributed by atoms with Gasteiger partial charge >= 0.3 is 0 Å². The second-order valence-corrected chi connectivity index (χ2v) is 7.80. The van der Waals surface area contributed by atoms with Crippen molar-refractivity contribution in [2.24, 2.45) is 5.41 Å². The number of rotatable bonds is 6. The van der Waals surface area contributed by atoms with Crippen LogP contribution in [-0.2, 0) is 4.74 Å². The highest BCUT2D eigenvalue weighted by Crippen LogP contribution is 2.31. The smallest absolute Gasteiger partial charge is 0.0546 e. The minimum Gasteiger partial charge on any atom is -0.381 e. The first kappa shape index (κ1) is 15.6. The molecule has 4 heteroatoms. The molecule has 2 saturated heterocycles. The van der Waals surface area contributed by atoms with Gasteiger partial charge in [0.05, 0.1) is 6.61 Å². The van der Waals surface area contributed by atoms with Gasteiger partial charge in [-0.3, -0.25) is 0 Å². The average Bonchev–Trinajstić information content (AvgIpc) is 2.40. The van der Waals surface area contributed by atoms with Gasteiger partial charge in [-0.2, -0.15) is 11.8 Å². The average molecular weight is 286 g/mol. The molecule has 0 aromatic rings. The lowest BCUT2D eigenvalue weighted by molar-refractivity contribution is -0.0255. The van der Waals surface area contributed by atoms with E-state index in [-0.39, 0.29) is 0 Å². The quantitative estimate of drug-likeness (QED) is 0.757. The molecule has 2 aliphatic rings. The fourth-order valence-electron chi connectivity index (χ4n) is 3.27. The molecular formula is C15H30N2OS. The molecule has 0 radical (unpaired) electrons. The van der Waals surface area contributed by atoms with Gasteiger partial charge < -0.3 is 15.0 Å². The standard InChI is InChI=1S/C15H30N2OS/c1-3-6-16-11-15(5-4-8-18-13-15)12-17-7-9-19-14(2)10-17/h14,16H,3-13H2,1-2H3. The summed E-state index contributed by atoms with van der Waals surface area (Å²) >= 11 is 2.12. The highest BCUT2D eigenvalue weighted by Gasteiger charge is 2.35. The highest BCUT2D eigenvalue weighted by atomic mass is 32.2. The number of hydrogen-bond acceptors (Lipinski definition) is 4. The maximum atomic E-state index is 5.81. The second kappa shape index (κ2) is 7.87. The SMILES string of the molecule is CCCNCC1(CN2CCSC(C)C2)CCCOC1. The summed E-state index contributed by atoms with van der Waals surface area (Å²) < 4.78 is 5.81. The molecule has 0 bridgehead atoms. The molecule has 1 N–H and O–H groups in total. The molecule has 2 heterocycles. The van der Waals surface area contributed by atoms with Crippen molar-refractivity contribution in [1.82, 2.24) is 10.2 Å². The summed E-state index contributed by atoms with van der Waals surface area (Å²) in [5, 5.41) is 4.43. The summed E-state index contributed by atoms with van der Waals surface area (Å²) in [6.45, 7) is 12.5. The lowest BCUT2D eigenvalue weighted by atomic mass is 9.81. The third kappa shape index (κ3) is 4.92. The third-order valence-corrected chi connectivity index (χ3v) is 5.35. The molecule has 0 amide bonds. The van der Waals surface area contributed by atoms with Gasteiger partial charge in [0.15, 0.2) is 0 Å². The van der Waals surface area contributed by atoms with Crippen LogP contribution in [0.5, 0.6) is 0 Å². The Morgan fingerprint density at radius 1 is 1.47 bits per heavy atom. The van der Waals surface area contributed by atoms with Crippen LogP contribution in [-0.4, -0.2) is 61.8 Å². The van der Waals surface area contributed by atoms with Crippen molar-refractivity contribution >= 4 is 11.8 Å². The Labute approximate surface area is 122 Å². The molecule has 0 saturated carbocycles. The minimum absolute atomic E-state index is 0.356. The van der Waals surface area contributed by atoms with Crippen LogP contribution in [0.4, 0.5) is 0 Å². The number of hydrogen-bond donors (Lipinski definition) is 1. The predicted octanol–water partition coefficient (Wildman–Crippen LogP) is 2.22. The summed E-state index contributed by atoms with van der Waals surface area (Å²) in [6.07, 6.45) is 3.77. The second-order valence-electron chi connectivity index (χ2n) is 6.25. The van der Waals surface area contributed by atoms with E-state index in [0.29, 0.717) is 5.41 Å². The van der Waals surface area contributed by atoms with Crippen LogP contribution in [0.15, 0.2) is 0 Å². The molecule has 2 atom stereocenters. The van der Waals surface area contributed by atoms with Gasteiger partial charge in [-0.05, 0) is 25.8 Å². The molecule has 112 valence electrons. The van der Waals surface area contributed by atoms with Crippen molar-refractivity contribution in [3.63, 3.8) is 0 Å². The summed E-state index contributed by atoms with van der Waals surface area (Å²) in [6, 6.07) is 0. The van der Waals surface area contributed by atoms with Crippen LogP contribution in [0.2, 0.25) is 0 Å². The predicted molar refractivity (Wildman–Crippen MR) is 84.0 cm³/mol. The van der Waals surface area contributed by atoms with Crippen LogP contribution < -0.4 is 5.32 Å². The number of ether oxygens (including phenoxy) is 1. The molecule has 0 spiro atoms. The zero-order chi connectivity index (χ0) is 13.6. The lowest BCUT2D eigenvalue weighted by Crippen LogP contribution is -2.51. The highest BCUT2D eigenvalue weighted by molar-refractivity contribution is 7.99. The monoisotopic (exact) mass is 286 g/mol. The van der Waals surface area contributed by atoms with E-state index in [9.17, 15) is 0 Å². The van der Waals surface area contributed by atoms with E-state index in [4.69, 9.17) is 4.74 Å². The Balaban J connectivity index is 1.88. The Kier molecular flexibility index (Phi) is 6.46. The summed E-state index contributed by atoms with van der Waals surface area (Å²) in [7, 11) is 0. The maximum Gasteiger partial charge on any atom is 0.0546 e. The van der Waals surface area contributed by atoms with Crippen LogP contribution in [0.1, 0.15) is 33.1 Å². The minimum atomic E-state index is 0.356. The van der Waals surface area contributed by atoms with Gasteiger partial charge in [-0.15, -0.1) is 0 Å². The van der Waals surface area contributed by atoms with Crippen molar-refractivity contribution in [2.75, 3.05) is 51.7 Å². The van der Waals surface area contributed by atoms with Gasteiger partial charge in [0, 0.05) is 49.2 Å². The third-order valence-electron chi connectivity index (χ3n) is 4.22. The normalized spacial score (nSPS) is 33.5. The summed E-state index contributed by atoms with van der Waals surface area (Å²) in [5.74, 6) is 1.29. The molecule has 0 aromatic carbocycles.